The molecule has 0 bridgehead atoms. The smallest absolute Gasteiger partial charge is 0.238 e. The number of carbonyl (C=O) groups excluding carboxylic acids is 1. The van der Waals surface area contributed by atoms with Crippen molar-refractivity contribution in [2.45, 2.75) is 12.0 Å². The second-order valence-electron chi connectivity index (χ2n) is 6.36. The number of rotatable bonds is 5. The molecule has 142 valence electrons. The number of nitrogens with zero attached hydrogens (tertiary/aromatic N) is 1. The fourth-order valence-electron chi connectivity index (χ4n) is 3.14. The van der Waals surface area contributed by atoms with Crippen molar-refractivity contribution >= 4 is 46.6 Å². The molecule has 28 heavy (non-hydrogen) atoms. The highest BCUT2D eigenvalue weighted by Gasteiger charge is 2.35. The average Bonchev–Trinajstić information content (AvgIpc) is 3.09. The molecule has 3 nitrogen and oxygen atoms in total. The van der Waals surface area contributed by atoms with Crippen molar-refractivity contribution < 1.29 is 9.53 Å². The van der Waals surface area contributed by atoms with Gasteiger partial charge in [-0.25, -0.2) is 0 Å². The zero-order valence-electron chi connectivity index (χ0n) is 14.8. The van der Waals surface area contributed by atoms with Crippen molar-refractivity contribution in [1.29, 1.82) is 0 Å². The highest BCUT2D eigenvalue weighted by Crippen LogP contribution is 2.45. The van der Waals surface area contributed by atoms with Crippen LogP contribution < -0.4 is 9.64 Å². The van der Waals surface area contributed by atoms with Crippen LogP contribution in [0.25, 0.3) is 0 Å². The number of anilines is 1. The molecular weight excluding hydrogens is 413 g/mol. The highest BCUT2D eigenvalue weighted by molar-refractivity contribution is 8.00. The van der Waals surface area contributed by atoms with Crippen LogP contribution in [0.2, 0.25) is 10.0 Å². The summed E-state index contributed by atoms with van der Waals surface area (Å²) in [5.41, 5.74) is 2.79. The summed E-state index contributed by atoms with van der Waals surface area (Å²) >= 11 is 13.7. The van der Waals surface area contributed by atoms with Crippen LogP contribution in [0.4, 0.5) is 5.69 Å². The predicted molar refractivity (Wildman–Crippen MR) is 116 cm³/mol. The molecule has 0 N–H and O–H groups in total. The maximum absolute atomic E-state index is 12.6. The molecule has 1 atom stereocenters. The van der Waals surface area contributed by atoms with Crippen molar-refractivity contribution in [3.63, 3.8) is 0 Å². The lowest BCUT2D eigenvalue weighted by atomic mass is 10.1. The Hall–Kier alpha value is -2.14. The fourth-order valence-corrected chi connectivity index (χ4v) is 4.68. The molecule has 1 saturated heterocycles. The molecule has 1 aliphatic heterocycles. The quantitative estimate of drug-likeness (QED) is 0.472. The third-order valence-electron chi connectivity index (χ3n) is 4.44. The summed E-state index contributed by atoms with van der Waals surface area (Å²) in [4.78, 5) is 14.4. The Bertz CT molecular complexity index is 994. The summed E-state index contributed by atoms with van der Waals surface area (Å²) in [6, 6.07) is 22.8. The molecule has 6 heteroatoms. The number of amides is 1. The van der Waals surface area contributed by atoms with Crippen molar-refractivity contribution in [3.05, 3.63) is 94.0 Å². The number of benzene rings is 3. The molecule has 4 rings (SSSR count). The van der Waals surface area contributed by atoms with Gasteiger partial charge in [0.1, 0.15) is 17.7 Å². The lowest BCUT2D eigenvalue weighted by Gasteiger charge is -2.26. The lowest BCUT2D eigenvalue weighted by molar-refractivity contribution is -0.115. The first-order valence-electron chi connectivity index (χ1n) is 8.77. The second kappa shape index (κ2) is 8.48. The van der Waals surface area contributed by atoms with E-state index in [9.17, 15) is 4.79 Å². The monoisotopic (exact) mass is 429 g/mol. The van der Waals surface area contributed by atoms with Crippen LogP contribution in [0.1, 0.15) is 16.5 Å². The van der Waals surface area contributed by atoms with Gasteiger partial charge in [-0.1, -0.05) is 53.5 Å². The molecule has 0 saturated carbocycles. The highest BCUT2D eigenvalue weighted by atomic mass is 35.5. The zero-order chi connectivity index (χ0) is 19.5. The van der Waals surface area contributed by atoms with Crippen molar-refractivity contribution in [1.82, 2.24) is 0 Å². The van der Waals surface area contributed by atoms with E-state index >= 15 is 0 Å². The molecule has 3 aromatic carbocycles. The number of thioether (sulfide) groups is 1. The second-order valence-corrected chi connectivity index (χ2v) is 8.30. The summed E-state index contributed by atoms with van der Waals surface area (Å²) in [5, 5.41) is 1.18. The van der Waals surface area contributed by atoms with Crippen LogP contribution in [-0.2, 0) is 11.4 Å². The van der Waals surface area contributed by atoms with E-state index in [1.54, 1.807) is 23.9 Å². The predicted octanol–water partition coefficient (Wildman–Crippen LogP) is 6.35. The van der Waals surface area contributed by atoms with E-state index in [2.05, 4.69) is 0 Å². The maximum Gasteiger partial charge on any atom is 0.238 e. The van der Waals surface area contributed by atoms with Gasteiger partial charge in [0, 0.05) is 21.3 Å². The molecule has 3 aromatic rings. The van der Waals surface area contributed by atoms with Crippen LogP contribution in [0.3, 0.4) is 0 Å². The number of hydrogen-bond acceptors (Lipinski definition) is 3. The molecule has 0 spiro atoms. The Morgan fingerprint density at radius 2 is 1.75 bits per heavy atom. The minimum atomic E-state index is -0.149. The SMILES string of the molecule is O=C1CS[C@@H](c2ccccc2OCc2cccc(Cl)c2)N1c1ccc(Cl)cc1. The molecule has 0 aliphatic carbocycles. The van der Waals surface area contributed by atoms with E-state index in [0.29, 0.717) is 22.4 Å². The molecule has 0 aromatic heterocycles. The van der Waals surface area contributed by atoms with Crippen LogP contribution in [0.5, 0.6) is 5.75 Å². The summed E-state index contributed by atoms with van der Waals surface area (Å²) in [6.07, 6.45) is 0. The first kappa shape index (κ1) is 19.2. The summed E-state index contributed by atoms with van der Waals surface area (Å²) in [6.45, 7) is 0.407. The number of ether oxygens (including phenoxy) is 1. The Morgan fingerprint density at radius 1 is 0.964 bits per heavy atom. The van der Waals surface area contributed by atoms with Gasteiger partial charge in [0.05, 0.1) is 5.75 Å². The van der Waals surface area contributed by atoms with Crippen LogP contribution in [0, 0.1) is 0 Å². The van der Waals surface area contributed by atoms with Gasteiger partial charge in [0.25, 0.3) is 0 Å². The van der Waals surface area contributed by atoms with E-state index in [-0.39, 0.29) is 11.3 Å². The average molecular weight is 430 g/mol. The first-order valence-corrected chi connectivity index (χ1v) is 10.6. The summed E-state index contributed by atoms with van der Waals surface area (Å²) in [5.74, 6) is 1.26. The maximum atomic E-state index is 12.6. The van der Waals surface area contributed by atoms with Gasteiger partial charge in [0.15, 0.2) is 0 Å². The van der Waals surface area contributed by atoms with Gasteiger partial charge in [-0.05, 0) is 48.0 Å². The van der Waals surface area contributed by atoms with Gasteiger partial charge >= 0.3 is 0 Å². The van der Waals surface area contributed by atoms with E-state index in [1.807, 2.05) is 65.6 Å². The Balaban J connectivity index is 1.61. The molecule has 0 radical (unpaired) electrons. The first-order chi connectivity index (χ1) is 13.6. The minimum absolute atomic E-state index is 0.0713. The van der Waals surface area contributed by atoms with Gasteiger partial charge < -0.3 is 4.74 Å². The van der Waals surface area contributed by atoms with Crippen molar-refractivity contribution in [3.8, 4) is 5.75 Å². The summed E-state index contributed by atoms with van der Waals surface area (Å²) < 4.78 is 6.10. The Labute approximate surface area is 178 Å². The van der Waals surface area contributed by atoms with E-state index in [0.717, 1.165) is 22.6 Å². The summed E-state index contributed by atoms with van der Waals surface area (Å²) in [7, 11) is 0. The zero-order valence-corrected chi connectivity index (χ0v) is 17.2. The molecule has 1 fully saturated rings. The third-order valence-corrected chi connectivity index (χ3v) is 6.12. The molecule has 0 unspecified atom stereocenters. The van der Waals surface area contributed by atoms with E-state index in [1.165, 1.54) is 0 Å². The van der Waals surface area contributed by atoms with E-state index in [4.69, 9.17) is 27.9 Å². The minimum Gasteiger partial charge on any atom is -0.489 e. The largest absolute Gasteiger partial charge is 0.489 e. The van der Waals surface area contributed by atoms with Crippen LogP contribution >= 0.6 is 35.0 Å². The molecule has 1 aliphatic rings. The normalized spacial score (nSPS) is 16.4. The standard InChI is InChI=1S/C22H17Cl2NO2S/c23-16-8-10-18(11-9-16)25-21(26)14-28-22(25)19-6-1-2-7-20(19)27-13-15-4-3-5-17(24)12-15/h1-12,22H,13-14H2/t22-/m0/s1. The van der Waals surface area contributed by atoms with E-state index < -0.39 is 0 Å². The number of para-hydroxylation sites is 1. The molecule has 1 amide bonds. The van der Waals surface area contributed by atoms with Crippen LogP contribution in [0.15, 0.2) is 72.8 Å². The number of halogens is 2. The van der Waals surface area contributed by atoms with Gasteiger partial charge in [-0.3, -0.25) is 9.69 Å². The van der Waals surface area contributed by atoms with Gasteiger partial charge in [-0.15, -0.1) is 11.8 Å². The number of carbonyl (C=O) groups is 1. The fraction of sp³-hybridized carbons (Fsp3) is 0.136. The topological polar surface area (TPSA) is 29.5 Å². The Kier molecular flexibility index (Phi) is 5.81. The van der Waals surface area contributed by atoms with Gasteiger partial charge in [0.2, 0.25) is 5.91 Å². The number of hydrogen-bond donors (Lipinski definition) is 0. The van der Waals surface area contributed by atoms with Crippen LogP contribution in [-0.4, -0.2) is 11.7 Å². The van der Waals surface area contributed by atoms with Crippen molar-refractivity contribution in [2.24, 2.45) is 0 Å². The van der Waals surface area contributed by atoms with Gasteiger partial charge in [-0.2, -0.15) is 0 Å². The third kappa shape index (κ3) is 4.14. The van der Waals surface area contributed by atoms with Crippen molar-refractivity contribution in [2.75, 3.05) is 10.7 Å². The molecule has 1 heterocycles. The molecular formula is C22H17Cl2NO2S. The lowest BCUT2D eigenvalue weighted by Crippen LogP contribution is -2.28. The Morgan fingerprint density at radius 3 is 2.54 bits per heavy atom.